The molecule has 158 valence electrons. The third-order valence-electron chi connectivity index (χ3n) is 4.73. The number of rotatable bonds is 14. The van der Waals surface area contributed by atoms with E-state index in [2.05, 4.69) is 50.0 Å². The predicted octanol–water partition coefficient (Wildman–Crippen LogP) is 6.08. The van der Waals surface area contributed by atoms with Gasteiger partial charge >= 0.3 is 8.25 Å². The minimum Gasteiger partial charge on any atom is -0.313 e. The zero-order valence-electron chi connectivity index (χ0n) is 16.6. The van der Waals surface area contributed by atoms with E-state index in [1.54, 1.807) is 6.07 Å². The van der Waals surface area contributed by atoms with Crippen LogP contribution in [0.1, 0.15) is 48.8 Å². The van der Waals surface area contributed by atoms with Gasteiger partial charge in [-0.25, -0.2) is 4.39 Å². The first-order valence-corrected chi connectivity index (χ1v) is 12.0. The molecule has 0 bridgehead atoms. The van der Waals surface area contributed by atoms with Gasteiger partial charge in [-0.3, -0.25) is 0 Å². The molecule has 0 aliphatic rings. The Morgan fingerprint density at radius 3 is 2.45 bits per heavy atom. The van der Waals surface area contributed by atoms with Gasteiger partial charge < -0.3 is 5.32 Å². The number of unbranched alkanes of at least 4 members (excludes halogenated alkanes) is 3. The normalized spacial score (nSPS) is 11.6. The Labute approximate surface area is 182 Å². The minimum absolute atomic E-state index is 0.158. The van der Waals surface area contributed by atoms with Crippen molar-refractivity contribution < 1.29 is 18.4 Å². The summed E-state index contributed by atoms with van der Waals surface area (Å²) in [5.41, 5.74) is 3.00. The number of nitrogens with one attached hydrogen (secondary N) is 1. The number of aryl methyl sites for hydroxylation is 2. The molecule has 0 saturated heterocycles. The second-order valence-corrected chi connectivity index (χ2v) is 8.62. The molecule has 0 saturated carbocycles. The Morgan fingerprint density at radius 2 is 1.72 bits per heavy atom. The Hall–Kier alpha value is -1.17. The van der Waals surface area contributed by atoms with Gasteiger partial charge in [0.05, 0.1) is 0 Å². The van der Waals surface area contributed by atoms with E-state index in [1.165, 1.54) is 12.0 Å². The fourth-order valence-electron chi connectivity index (χ4n) is 3.16. The molecule has 0 radical (unpaired) electrons. The monoisotopic (exact) mass is 484 g/mol. The van der Waals surface area contributed by atoms with Crippen molar-refractivity contribution in [2.45, 2.75) is 51.5 Å². The molecule has 7 heteroatoms. The number of halogens is 2. The average molecular weight is 485 g/mol. The van der Waals surface area contributed by atoms with E-state index in [0.717, 1.165) is 47.7 Å². The lowest BCUT2D eigenvalue weighted by atomic mass is 10.0. The Balaban J connectivity index is 1.65. The van der Waals surface area contributed by atoms with Gasteiger partial charge in [-0.1, -0.05) is 59.1 Å². The van der Waals surface area contributed by atoms with Gasteiger partial charge in [0.25, 0.3) is 0 Å². The molecular weight excluding hydrogens is 456 g/mol. The fourth-order valence-corrected chi connectivity index (χ4v) is 3.98. The first kappa shape index (κ1) is 24.1. The van der Waals surface area contributed by atoms with Crippen LogP contribution in [0.2, 0.25) is 0 Å². The van der Waals surface area contributed by atoms with Crippen LogP contribution in [0.15, 0.2) is 46.9 Å². The zero-order chi connectivity index (χ0) is 20.9. The third kappa shape index (κ3) is 9.92. The molecule has 0 heterocycles. The minimum atomic E-state index is -2.53. The van der Waals surface area contributed by atoms with Gasteiger partial charge in [-0.15, -0.1) is 9.42 Å². The Bertz CT molecular complexity index is 761. The zero-order valence-corrected chi connectivity index (χ0v) is 19.1. The maximum atomic E-state index is 14.4. The van der Waals surface area contributed by atoms with E-state index in [9.17, 15) is 8.96 Å². The highest BCUT2D eigenvalue weighted by atomic mass is 79.9. The lowest BCUT2D eigenvalue weighted by molar-refractivity contribution is 0.276. The predicted molar refractivity (Wildman–Crippen MR) is 119 cm³/mol. The lowest BCUT2D eigenvalue weighted by Gasteiger charge is -2.10. The second kappa shape index (κ2) is 13.9. The molecule has 0 aromatic heterocycles. The molecule has 0 aliphatic heterocycles. The standard InChI is InChI=1S/C22H28BrFNO3P/c23-21-15-19(12-7-2-1-4-9-18-10-5-3-6-11-18)22(24)16-20(21)17-25-13-8-14-28-29(26)27/h3,5-6,10-11,15-16,25H,1-2,4,7-9,12-14,17H2/p+1. The molecule has 1 atom stereocenters. The third-order valence-corrected chi connectivity index (χ3v) is 5.88. The van der Waals surface area contributed by atoms with Crippen molar-refractivity contribution in [2.75, 3.05) is 13.2 Å². The molecule has 0 aliphatic carbocycles. The molecule has 2 N–H and O–H groups in total. The SMILES string of the molecule is O=[P+](O)OCCCNCc1cc(F)c(CCCCCCc2ccccc2)cc1Br. The van der Waals surface area contributed by atoms with Crippen LogP contribution in [-0.2, 0) is 28.5 Å². The van der Waals surface area contributed by atoms with Crippen LogP contribution in [0.3, 0.4) is 0 Å². The Kier molecular flexibility index (Phi) is 11.6. The van der Waals surface area contributed by atoms with E-state index < -0.39 is 8.25 Å². The van der Waals surface area contributed by atoms with E-state index >= 15 is 0 Å². The van der Waals surface area contributed by atoms with Crippen molar-refractivity contribution in [3.63, 3.8) is 0 Å². The first-order chi connectivity index (χ1) is 14.1. The van der Waals surface area contributed by atoms with Crippen molar-refractivity contribution in [1.29, 1.82) is 0 Å². The van der Waals surface area contributed by atoms with E-state index in [4.69, 9.17) is 4.89 Å². The molecule has 0 fully saturated rings. The van der Waals surface area contributed by atoms with Crippen LogP contribution in [-0.4, -0.2) is 18.0 Å². The lowest BCUT2D eigenvalue weighted by Crippen LogP contribution is -2.16. The summed E-state index contributed by atoms with van der Waals surface area (Å²) < 4.78 is 30.3. The summed E-state index contributed by atoms with van der Waals surface area (Å²) in [5, 5.41) is 3.19. The summed E-state index contributed by atoms with van der Waals surface area (Å²) in [6, 6.07) is 14.0. The van der Waals surface area contributed by atoms with Crippen molar-refractivity contribution in [1.82, 2.24) is 5.32 Å². The summed E-state index contributed by atoms with van der Waals surface area (Å²) in [4.78, 5) is 8.55. The van der Waals surface area contributed by atoms with Gasteiger partial charge in [0.2, 0.25) is 0 Å². The summed E-state index contributed by atoms with van der Waals surface area (Å²) in [7, 11) is -2.53. The fraction of sp³-hybridized carbons (Fsp3) is 0.455. The maximum Gasteiger partial charge on any atom is 0.694 e. The molecule has 2 rings (SSSR count). The average Bonchev–Trinajstić information content (AvgIpc) is 2.70. The molecule has 4 nitrogen and oxygen atoms in total. The molecule has 0 amide bonds. The van der Waals surface area contributed by atoms with Crippen LogP contribution in [0.5, 0.6) is 0 Å². The molecule has 1 unspecified atom stereocenters. The number of hydrogen-bond donors (Lipinski definition) is 2. The van der Waals surface area contributed by atoms with E-state index in [0.29, 0.717) is 19.5 Å². The van der Waals surface area contributed by atoms with Crippen LogP contribution >= 0.6 is 24.2 Å². The maximum absolute atomic E-state index is 14.4. The van der Waals surface area contributed by atoms with Crippen molar-refractivity contribution in [3.8, 4) is 0 Å². The van der Waals surface area contributed by atoms with Gasteiger partial charge in [-0.2, -0.15) is 0 Å². The van der Waals surface area contributed by atoms with Gasteiger partial charge in [0, 0.05) is 15.6 Å². The van der Waals surface area contributed by atoms with Crippen LogP contribution < -0.4 is 5.32 Å². The molecule has 2 aromatic rings. The topological polar surface area (TPSA) is 58.6 Å². The molecular formula is C22H29BrFNO3P+. The van der Waals surface area contributed by atoms with Crippen LogP contribution in [0, 0.1) is 5.82 Å². The van der Waals surface area contributed by atoms with Crippen molar-refractivity contribution in [3.05, 3.63) is 69.4 Å². The number of benzene rings is 2. The molecule has 0 spiro atoms. The van der Waals surface area contributed by atoms with Gasteiger partial charge in [0.15, 0.2) is 0 Å². The summed E-state index contributed by atoms with van der Waals surface area (Å²) in [5.74, 6) is -0.158. The summed E-state index contributed by atoms with van der Waals surface area (Å²) in [6.45, 7) is 1.38. The first-order valence-electron chi connectivity index (χ1n) is 10.1. The van der Waals surface area contributed by atoms with Crippen LogP contribution in [0.25, 0.3) is 0 Å². The number of hydrogen-bond acceptors (Lipinski definition) is 3. The van der Waals surface area contributed by atoms with E-state index in [-0.39, 0.29) is 12.4 Å². The van der Waals surface area contributed by atoms with Crippen molar-refractivity contribution in [2.24, 2.45) is 0 Å². The molecule has 29 heavy (non-hydrogen) atoms. The van der Waals surface area contributed by atoms with Crippen LogP contribution in [0.4, 0.5) is 4.39 Å². The van der Waals surface area contributed by atoms with Gasteiger partial charge in [-0.05, 0) is 67.5 Å². The van der Waals surface area contributed by atoms with Crippen molar-refractivity contribution >= 4 is 24.2 Å². The quantitative estimate of drug-likeness (QED) is 0.252. The highest BCUT2D eigenvalue weighted by Crippen LogP contribution is 2.23. The summed E-state index contributed by atoms with van der Waals surface area (Å²) >= 11 is 3.54. The largest absolute Gasteiger partial charge is 0.694 e. The smallest absolute Gasteiger partial charge is 0.313 e. The van der Waals surface area contributed by atoms with Gasteiger partial charge in [0.1, 0.15) is 12.4 Å². The van der Waals surface area contributed by atoms with E-state index in [1.807, 2.05) is 12.1 Å². The highest BCUT2D eigenvalue weighted by Gasteiger charge is 2.11. The highest BCUT2D eigenvalue weighted by molar-refractivity contribution is 9.10. The second-order valence-electron chi connectivity index (χ2n) is 7.04. The molecule has 2 aromatic carbocycles. The Morgan fingerprint density at radius 1 is 1.00 bits per heavy atom. The summed E-state index contributed by atoms with van der Waals surface area (Å²) in [6.07, 6.45) is 6.89.